The van der Waals surface area contributed by atoms with Crippen LogP contribution in [0.3, 0.4) is 0 Å². The molecule has 1 heterocycles. The van der Waals surface area contributed by atoms with E-state index < -0.39 is 8.56 Å². The van der Waals surface area contributed by atoms with Crippen LogP contribution in [0.4, 0.5) is 0 Å². The number of hydrogen-bond acceptors (Lipinski definition) is 4. The zero-order chi connectivity index (χ0) is 14.7. The predicted octanol–water partition coefficient (Wildman–Crippen LogP) is 4.21. The Labute approximate surface area is 130 Å². The molecule has 0 radical (unpaired) electrons. The molecule has 0 bridgehead atoms. The molecule has 0 aromatic carbocycles. The van der Waals surface area contributed by atoms with Crippen LogP contribution < -0.4 is 0 Å². The highest BCUT2D eigenvalue weighted by Gasteiger charge is 2.31. The van der Waals surface area contributed by atoms with Gasteiger partial charge in [-0.15, -0.1) is 0 Å². The molecule has 0 saturated carbocycles. The summed E-state index contributed by atoms with van der Waals surface area (Å²) in [5.41, 5.74) is 0. The quantitative estimate of drug-likeness (QED) is 0.272. The molecule has 1 atom stereocenters. The van der Waals surface area contributed by atoms with Gasteiger partial charge < -0.3 is 13.6 Å². The topological polar surface area (TPSA) is 27.7 Å². The summed E-state index contributed by atoms with van der Waals surface area (Å²) in [4.78, 5) is 0. The molecule has 1 unspecified atom stereocenters. The largest absolute Gasteiger partial charge is 0.394 e. The average molecular weight is 321 g/mol. The SMILES string of the molecule is CCCCO[Si](C)(CCCOCC1CS1)OCCCC. The molecule has 20 heavy (non-hydrogen) atoms. The fourth-order valence-corrected chi connectivity index (χ4v) is 4.66. The van der Waals surface area contributed by atoms with Crippen molar-refractivity contribution < 1.29 is 13.6 Å². The zero-order valence-corrected chi connectivity index (χ0v) is 15.3. The van der Waals surface area contributed by atoms with Gasteiger partial charge in [-0.05, 0) is 31.9 Å². The van der Waals surface area contributed by atoms with Crippen LogP contribution in [0.2, 0.25) is 12.6 Å². The van der Waals surface area contributed by atoms with Crippen molar-refractivity contribution in [3.63, 3.8) is 0 Å². The van der Waals surface area contributed by atoms with E-state index in [4.69, 9.17) is 13.6 Å². The second-order valence-electron chi connectivity index (χ2n) is 5.67. The summed E-state index contributed by atoms with van der Waals surface area (Å²) in [6.07, 6.45) is 5.70. The van der Waals surface area contributed by atoms with E-state index >= 15 is 0 Å². The first kappa shape index (κ1) is 18.5. The molecule has 0 aliphatic carbocycles. The van der Waals surface area contributed by atoms with Crippen molar-refractivity contribution in [3.05, 3.63) is 0 Å². The van der Waals surface area contributed by atoms with Crippen LogP contribution >= 0.6 is 11.8 Å². The highest BCUT2D eigenvalue weighted by Crippen LogP contribution is 2.30. The summed E-state index contributed by atoms with van der Waals surface area (Å²) in [7, 11) is -1.97. The van der Waals surface area contributed by atoms with E-state index in [0.717, 1.165) is 57.0 Å². The van der Waals surface area contributed by atoms with Gasteiger partial charge >= 0.3 is 8.56 Å². The van der Waals surface area contributed by atoms with Crippen LogP contribution in [0, 0.1) is 0 Å². The summed E-state index contributed by atoms with van der Waals surface area (Å²) >= 11 is 1.99. The zero-order valence-electron chi connectivity index (χ0n) is 13.5. The fourth-order valence-electron chi connectivity index (χ4n) is 1.93. The number of unbranched alkanes of at least 4 members (excludes halogenated alkanes) is 2. The molecule has 3 nitrogen and oxygen atoms in total. The van der Waals surface area contributed by atoms with Crippen molar-refractivity contribution in [1.82, 2.24) is 0 Å². The Bertz CT molecular complexity index is 227. The van der Waals surface area contributed by atoms with E-state index in [1.54, 1.807) is 0 Å². The first-order chi connectivity index (χ1) is 9.70. The summed E-state index contributed by atoms with van der Waals surface area (Å²) in [5.74, 6) is 1.28. The smallest absolute Gasteiger partial charge is 0.335 e. The standard InChI is InChI=1S/C15H32O3SSi/c1-4-6-10-17-20(3,18-11-7-5-2)12-8-9-16-13-15-14-19-15/h15H,4-14H2,1-3H3. The highest BCUT2D eigenvalue weighted by molar-refractivity contribution is 8.06. The minimum absolute atomic E-state index is 0.778. The normalized spacial score (nSPS) is 18.4. The average Bonchev–Trinajstić information content (AvgIpc) is 3.23. The third-order valence-electron chi connectivity index (χ3n) is 3.44. The Hall–Kier alpha value is 0.447. The van der Waals surface area contributed by atoms with Crippen molar-refractivity contribution in [2.75, 3.05) is 32.2 Å². The molecule has 1 saturated heterocycles. The lowest BCUT2D eigenvalue weighted by Gasteiger charge is -2.27. The van der Waals surface area contributed by atoms with Gasteiger partial charge in [-0.25, -0.2) is 0 Å². The number of thioether (sulfide) groups is 1. The second kappa shape index (κ2) is 11.1. The first-order valence-electron chi connectivity index (χ1n) is 8.17. The van der Waals surface area contributed by atoms with Gasteiger partial charge in [0.25, 0.3) is 0 Å². The van der Waals surface area contributed by atoms with Crippen LogP contribution in [-0.4, -0.2) is 46.0 Å². The molecular weight excluding hydrogens is 288 g/mol. The molecule has 1 rings (SSSR count). The van der Waals surface area contributed by atoms with Gasteiger partial charge in [-0.2, -0.15) is 11.8 Å². The first-order valence-corrected chi connectivity index (χ1v) is 11.7. The van der Waals surface area contributed by atoms with E-state index in [-0.39, 0.29) is 0 Å². The van der Waals surface area contributed by atoms with Gasteiger partial charge in [0.1, 0.15) is 0 Å². The van der Waals surface area contributed by atoms with Gasteiger partial charge in [0.05, 0.1) is 6.61 Å². The van der Waals surface area contributed by atoms with E-state index in [1.807, 2.05) is 11.8 Å². The van der Waals surface area contributed by atoms with Crippen molar-refractivity contribution in [3.8, 4) is 0 Å². The maximum absolute atomic E-state index is 6.11. The van der Waals surface area contributed by atoms with Crippen LogP contribution in [0.15, 0.2) is 0 Å². The molecule has 0 amide bonds. The highest BCUT2D eigenvalue weighted by atomic mass is 32.2. The molecule has 0 aromatic heterocycles. The molecule has 0 aromatic rings. The van der Waals surface area contributed by atoms with Crippen molar-refractivity contribution in [2.45, 2.75) is 63.8 Å². The Morgan fingerprint density at radius 3 is 2.10 bits per heavy atom. The molecule has 120 valence electrons. The molecule has 1 aliphatic heterocycles. The van der Waals surface area contributed by atoms with E-state index in [2.05, 4.69) is 20.4 Å². The molecular formula is C15H32O3SSi. The molecule has 0 N–H and O–H groups in total. The Morgan fingerprint density at radius 2 is 1.60 bits per heavy atom. The Morgan fingerprint density at radius 1 is 1.00 bits per heavy atom. The van der Waals surface area contributed by atoms with E-state index in [0.29, 0.717) is 0 Å². The van der Waals surface area contributed by atoms with Crippen LogP contribution in [0.5, 0.6) is 0 Å². The summed E-state index contributed by atoms with van der Waals surface area (Å²) in [6.45, 7) is 10.1. The fraction of sp³-hybridized carbons (Fsp3) is 1.00. The lowest BCUT2D eigenvalue weighted by molar-refractivity contribution is 0.133. The minimum atomic E-state index is -1.97. The summed E-state index contributed by atoms with van der Waals surface area (Å²) < 4.78 is 17.9. The van der Waals surface area contributed by atoms with Gasteiger partial charge in [-0.3, -0.25) is 0 Å². The molecule has 1 fully saturated rings. The second-order valence-corrected chi connectivity index (χ2v) is 10.3. The van der Waals surface area contributed by atoms with Crippen LogP contribution in [-0.2, 0) is 13.6 Å². The van der Waals surface area contributed by atoms with Gasteiger partial charge in [0.15, 0.2) is 0 Å². The van der Waals surface area contributed by atoms with Gasteiger partial charge in [0, 0.05) is 30.8 Å². The number of hydrogen-bond donors (Lipinski definition) is 0. The lowest BCUT2D eigenvalue weighted by Crippen LogP contribution is -2.39. The minimum Gasteiger partial charge on any atom is -0.394 e. The summed E-state index contributed by atoms with van der Waals surface area (Å²) in [5, 5.41) is 0.778. The molecule has 0 spiro atoms. The number of rotatable bonds is 14. The third-order valence-corrected chi connectivity index (χ3v) is 7.27. The number of ether oxygens (including phenoxy) is 1. The van der Waals surface area contributed by atoms with Crippen LogP contribution in [0.1, 0.15) is 46.0 Å². The maximum Gasteiger partial charge on any atom is 0.335 e. The van der Waals surface area contributed by atoms with Crippen molar-refractivity contribution in [2.24, 2.45) is 0 Å². The predicted molar refractivity (Wildman–Crippen MR) is 89.8 cm³/mol. The van der Waals surface area contributed by atoms with E-state index in [9.17, 15) is 0 Å². The van der Waals surface area contributed by atoms with Crippen LogP contribution in [0.25, 0.3) is 0 Å². The van der Waals surface area contributed by atoms with E-state index in [1.165, 1.54) is 18.6 Å². The van der Waals surface area contributed by atoms with Gasteiger partial charge in [-0.1, -0.05) is 26.7 Å². The molecule has 1 aliphatic rings. The Balaban J connectivity index is 2.15. The monoisotopic (exact) mass is 320 g/mol. The van der Waals surface area contributed by atoms with Gasteiger partial charge in [0.2, 0.25) is 0 Å². The maximum atomic E-state index is 6.11. The lowest BCUT2D eigenvalue weighted by atomic mass is 10.4. The third kappa shape index (κ3) is 9.40. The Kier molecular flexibility index (Phi) is 10.2. The summed E-state index contributed by atoms with van der Waals surface area (Å²) in [6, 6.07) is 1.05. The molecule has 5 heteroatoms. The van der Waals surface area contributed by atoms with Crippen molar-refractivity contribution >= 4 is 20.3 Å². The van der Waals surface area contributed by atoms with Crippen molar-refractivity contribution in [1.29, 1.82) is 0 Å².